The van der Waals surface area contributed by atoms with E-state index in [2.05, 4.69) is 5.32 Å². The smallest absolute Gasteiger partial charge is 0.256 e. The predicted molar refractivity (Wildman–Crippen MR) is 120 cm³/mol. The van der Waals surface area contributed by atoms with E-state index in [9.17, 15) is 9.59 Å². The van der Waals surface area contributed by atoms with E-state index in [1.807, 2.05) is 59.5 Å². The first-order valence-electron chi connectivity index (χ1n) is 10.9. The van der Waals surface area contributed by atoms with Crippen molar-refractivity contribution in [3.05, 3.63) is 54.6 Å². The normalized spacial score (nSPS) is 21.7. The van der Waals surface area contributed by atoms with Crippen molar-refractivity contribution in [3.8, 4) is 11.5 Å². The third-order valence-corrected chi connectivity index (χ3v) is 5.59. The summed E-state index contributed by atoms with van der Waals surface area (Å²) in [7, 11) is 0. The number of amides is 2. The summed E-state index contributed by atoms with van der Waals surface area (Å²) >= 11 is 0. The molecule has 1 N–H and O–H groups in total. The third kappa shape index (κ3) is 5.64. The summed E-state index contributed by atoms with van der Waals surface area (Å²) in [5.74, 6) is 1.27. The molecule has 8 nitrogen and oxygen atoms in total. The number of carbonyl (C=O) groups is 2. The van der Waals surface area contributed by atoms with Crippen LogP contribution in [0.3, 0.4) is 0 Å². The Morgan fingerprint density at radius 1 is 0.969 bits per heavy atom. The second-order valence-corrected chi connectivity index (χ2v) is 8.18. The van der Waals surface area contributed by atoms with E-state index in [0.717, 1.165) is 5.75 Å². The maximum atomic E-state index is 13.0. The lowest BCUT2D eigenvalue weighted by atomic mass is 10.0. The molecule has 0 saturated carbocycles. The minimum atomic E-state index is -0.952. The molecule has 0 unspecified atom stereocenters. The number of anilines is 1. The lowest BCUT2D eigenvalue weighted by Crippen LogP contribution is -2.61. The van der Waals surface area contributed by atoms with Gasteiger partial charge < -0.3 is 24.4 Å². The molecule has 2 heterocycles. The molecular weight excluding hydrogens is 410 g/mol. The topological polar surface area (TPSA) is 80.3 Å². The summed E-state index contributed by atoms with van der Waals surface area (Å²) < 4.78 is 17.0. The Labute approximate surface area is 188 Å². The second-order valence-electron chi connectivity index (χ2n) is 8.18. The standard InChI is InChI=1S/C24H29N3O5/c1-24(23(29)27-12-14-30-15-13-27)18-26(11-16-31-24)17-22(28)25-19-7-9-21(10-8-19)32-20-5-3-2-4-6-20/h2-10H,11-18H2,1H3,(H,25,28)/t24-/m0/s1. The fourth-order valence-corrected chi connectivity index (χ4v) is 3.95. The van der Waals surface area contributed by atoms with Crippen LogP contribution in [0.5, 0.6) is 11.5 Å². The van der Waals surface area contributed by atoms with E-state index in [0.29, 0.717) is 57.4 Å². The first-order valence-corrected chi connectivity index (χ1v) is 10.9. The van der Waals surface area contributed by atoms with Gasteiger partial charge in [-0.15, -0.1) is 0 Å². The summed E-state index contributed by atoms with van der Waals surface area (Å²) in [5.41, 5.74) is -0.262. The van der Waals surface area contributed by atoms with Gasteiger partial charge in [-0.1, -0.05) is 18.2 Å². The molecule has 2 aliphatic heterocycles. The highest BCUT2D eigenvalue weighted by molar-refractivity contribution is 5.92. The van der Waals surface area contributed by atoms with E-state index in [-0.39, 0.29) is 18.4 Å². The van der Waals surface area contributed by atoms with Crippen molar-refractivity contribution in [2.24, 2.45) is 0 Å². The number of hydrogen-bond acceptors (Lipinski definition) is 6. The number of hydrogen-bond donors (Lipinski definition) is 1. The molecule has 2 saturated heterocycles. The number of rotatable bonds is 6. The SMILES string of the molecule is C[C@@]1(C(=O)N2CCOCC2)CN(CC(=O)Nc2ccc(Oc3ccccc3)cc2)CCO1. The molecule has 4 rings (SSSR count). The molecule has 170 valence electrons. The van der Waals surface area contributed by atoms with Crippen LogP contribution < -0.4 is 10.1 Å². The highest BCUT2D eigenvalue weighted by Crippen LogP contribution is 2.23. The van der Waals surface area contributed by atoms with Crippen molar-refractivity contribution in [3.63, 3.8) is 0 Å². The van der Waals surface area contributed by atoms with Crippen LogP contribution in [0, 0.1) is 0 Å². The fraction of sp³-hybridized carbons (Fsp3) is 0.417. The van der Waals surface area contributed by atoms with Crippen molar-refractivity contribution in [2.75, 3.05) is 57.9 Å². The van der Waals surface area contributed by atoms with Crippen molar-refractivity contribution in [1.82, 2.24) is 9.80 Å². The minimum absolute atomic E-state index is 0.0417. The summed E-state index contributed by atoms with van der Waals surface area (Å²) in [4.78, 5) is 29.3. The van der Waals surface area contributed by atoms with Crippen molar-refractivity contribution in [1.29, 1.82) is 0 Å². The van der Waals surface area contributed by atoms with Crippen molar-refractivity contribution < 1.29 is 23.8 Å². The lowest BCUT2D eigenvalue weighted by molar-refractivity contribution is -0.171. The Morgan fingerprint density at radius 2 is 1.66 bits per heavy atom. The van der Waals surface area contributed by atoms with Crippen molar-refractivity contribution in [2.45, 2.75) is 12.5 Å². The zero-order valence-electron chi connectivity index (χ0n) is 18.3. The van der Waals surface area contributed by atoms with Crippen LogP contribution in [0.4, 0.5) is 5.69 Å². The van der Waals surface area contributed by atoms with E-state index < -0.39 is 5.60 Å². The maximum absolute atomic E-state index is 13.0. The zero-order valence-corrected chi connectivity index (χ0v) is 18.3. The molecule has 2 aliphatic rings. The van der Waals surface area contributed by atoms with Gasteiger partial charge >= 0.3 is 0 Å². The van der Waals surface area contributed by atoms with Crippen LogP contribution in [0.25, 0.3) is 0 Å². The number of benzene rings is 2. The van der Waals surface area contributed by atoms with Gasteiger partial charge in [-0.05, 0) is 43.3 Å². The lowest BCUT2D eigenvalue weighted by Gasteiger charge is -2.42. The average Bonchev–Trinajstić information content (AvgIpc) is 2.81. The summed E-state index contributed by atoms with van der Waals surface area (Å²) in [6.45, 7) is 5.61. The largest absolute Gasteiger partial charge is 0.457 e. The second kappa shape index (κ2) is 10.1. The van der Waals surface area contributed by atoms with Gasteiger partial charge in [-0.3, -0.25) is 14.5 Å². The van der Waals surface area contributed by atoms with E-state index in [1.54, 1.807) is 11.8 Å². The molecule has 0 aliphatic carbocycles. The molecule has 2 aromatic carbocycles. The van der Waals surface area contributed by atoms with Crippen LogP contribution in [-0.2, 0) is 19.1 Å². The fourth-order valence-electron chi connectivity index (χ4n) is 3.95. The number of carbonyl (C=O) groups excluding carboxylic acids is 2. The molecule has 2 aromatic rings. The Morgan fingerprint density at radius 3 is 2.38 bits per heavy atom. The third-order valence-electron chi connectivity index (χ3n) is 5.59. The van der Waals surface area contributed by atoms with Crippen LogP contribution in [0.15, 0.2) is 54.6 Å². The average molecular weight is 440 g/mol. The first-order chi connectivity index (χ1) is 15.5. The van der Waals surface area contributed by atoms with Crippen molar-refractivity contribution >= 4 is 17.5 Å². The highest BCUT2D eigenvalue weighted by atomic mass is 16.5. The number of nitrogens with zero attached hydrogens (tertiary/aromatic N) is 2. The van der Waals surface area contributed by atoms with Crippen LogP contribution >= 0.6 is 0 Å². The summed E-state index contributed by atoms with van der Waals surface area (Å²) in [6.07, 6.45) is 0. The Balaban J connectivity index is 1.29. The summed E-state index contributed by atoms with van der Waals surface area (Å²) in [6, 6.07) is 16.8. The molecule has 1 atom stereocenters. The van der Waals surface area contributed by atoms with E-state index in [4.69, 9.17) is 14.2 Å². The molecular formula is C24H29N3O5. The van der Waals surface area contributed by atoms with Crippen LogP contribution in [0.1, 0.15) is 6.92 Å². The number of para-hydroxylation sites is 1. The first kappa shape index (κ1) is 22.3. The Kier molecular flexibility index (Phi) is 7.04. The van der Waals surface area contributed by atoms with Gasteiger partial charge in [0, 0.05) is 31.9 Å². The van der Waals surface area contributed by atoms with E-state index >= 15 is 0 Å². The van der Waals surface area contributed by atoms with Gasteiger partial charge in [0.25, 0.3) is 5.91 Å². The van der Waals surface area contributed by atoms with Gasteiger partial charge in [-0.2, -0.15) is 0 Å². The molecule has 0 spiro atoms. The molecule has 0 aromatic heterocycles. The number of morpholine rings is 2. The van der Waals surface area contributed by atoms with E-state index in [1.165, 1.54) is 0 Å². The van der Waals surface area contributed by atoms with Gasteiger partial charge in [0.05, 0.1) is 26.4 Å². The molecule has 8 heteroatoms. The minimum Gasteiger partial charge on any atom is -0.457 e. The van der Waals surface area contributed by atoms with Gasteiger partial charge in [-0.25, -0.2) is 0 Å². The summed E-state index contributed by atoms with van der Waals surface area (Å²) in [5, 5.41) is 2.91. The Bertz CT molecular complexity index is 915. The van der Waals surface area contributed by atoms with Gasteiger partial charge in [0.1, 0.15) is 11.5 Å². The molecule has 32 heavy (non-hydrogen) atoms. The van der Waals surface area contributed by atoms with Crippen LogP contribution in [0.2, 0.25) is 0 Å². The Hall–Kier alpha value is -2.94. The predicted octanol–water partition coefficient (Wildman–Crippen LogP) is 2.37. The van der Waals surface area contributed by atoms with Gasteiger partial charge in [0.2, 0.25) is 5.91 Å². The maximum Gasteiger partial charge on any atom is 0.256 e. The molecule has 0 bridgehead atoms. The number of nitrogens with one attached hydrogen (secondary N) is 1. The van der Waals surface area contributed by atoms with Gasteiger partial charge in [0.15, 0.2) is 5.60 Å². The quantitative estimate of drug-likeness (QED) is 0.745. The monoisotopic (exact) mass is 439 g/mol. The molecule has 0 radical (unpaired) electrons. The molecule has 2 fully saturated rings. The number of ether oxygens (including phenoxy) is 3. The molecule has 2 amide bonds. The van der Waals surface area contributed by atoms with Crippen LogP contribution in [-0.4, -0.2) is 79.8 Å². The highest BCUT2D eigenvalue weighted by Gasteiger charge is 2.42. The zero-order chi connectivity index (χ0) is 22.4.